The van der Waals surface area contributed by atoms with Crippen molar-refractivity contribution in [3.8, 4) is 11.4 Å². The molecule has 1 fully saturated rings. The number of methoxy groups -OCH3 is 1. The summed E-state index contributed by atoms with van der Waals surface area (Å²) in [5, 5.41) is 4.95. The molecule has 3 aromatic rings. The van der Waals surface area contributed by atoms with Crippen LogP contribution in [0.3, 0.4) is 0 Å². The molecule has 6 heteroatoms. The van der Waals surface area contributed by atoms with Gasteiger partial charge in [0.2, 0.25) is 0 Å². The second-order valence-electron chi connectivity index (χ2n) is 8.74. The molecule has 2 aliphatic heterocycles. The molecule has 160 valence electrons. The van der Waals surface area contributed by atoms with Gasteiger partial charge in [0.15, 0.2) is 0 Å². The molecule has 0 aliphatic carbocycles. The number of hydrogen-bond acceptors (Lipinski definition) is 4. The predicted molar refractivity (Wildman–Crippen MR) is 120 cm³/mol. The van der Waals surface area contributed by atoms with Crippen LogP contribution in [0.25, 0.3) is 5.69 Å². The van der Waals surface area contributed by atoms with Gasteiger partial charge in [-0.15, -0.1) is 0 Å². The zero-order valence-electron chi connectivity index (χ0n) is 18.1. The Kier molecular flexibility index (Phi) is 5.02. The van der Waals surface area contributed by atoms with Crippen molar-refractivity contribution in [3.05, 3.63) is 77.6 Å². The highest BCUT2D eigenvalue weighted by molar-refractivity contribution is 5.96. The van der Waals surface area contributed by atoms with Gasteiger partial charge < -0.3 is 9.64 Å². The zero-order chi connectivity index (χ0) is 21.4. The van der Waals surface area contributed by atoms with E-state index in [0.717, 1.165) is 61.7 Å². The van der Waals surface area contributed by atoms with Crippen LogP contribution in [0.1, 0.15) is 34.5 Å². The van der Waals surface area contributed by atoms with E-state index in [1.54, 1.807) is 7.11 Å². The van der Waals surface area contributed by atoms with Gasteiger partial charge in [-0.2, -0.15) is 5.10 Å². The number of fused-ring (bicyclic) bond motifs is 2. The van der Waals surface area contributed by atoms with Crippen molar-refractivity contribution in [2.24, 2.45) is 0 Å². The van der Waals surface area contributed by atoms with Crippen LogP contribution in [0.4, 0.5) is 0 Å². The Morgan fingerprint density at radius 1 is 1.03 bits per heavy atom. The number of rotatable bonds is 4. The largest absolute Gasteiger partial charge is 0.497 e. The molecular formula is C25H28N4O2. The van der Waals surface area contributed by atoms with Crippen LogP contribution >= 0.6 is 0 Å². The van der Waals surface area contributed by atoms with Gasteiger partial charge in [0, 0.05) is 31.7 Å². The number of amides is 1. The Morgan fingerprint density at radius 3 is 2.42 bits per heavy atom. The molecule has 0 radical (unpaired) electrons. The fraction of sp³-hybridized carbons (Fsp3) is 0.360. The summed E-state index contributed by atoms with van der Waals surface area (Å²) in [6.45, 7) is 3.65. The molecular weight excluding hydrogens is 388 g/mol. The smallest absolute Gasteiger partial charge is 0.257 e. The number of likely N-dealkylation sites (tertiary alicyclic amines) is 1. The molecule has 5 rings (SSSR count). The molecule has 1 aromatic heterocycles. The molecule has 0 saturated carbocycles. The number of aromatic nitrogens is 2. The molecule has 6 nitrogen and oxygen atoms in total. The molecule has 1 amide bonds. The number of carbonyl (C=O) groups excluding carboxylic acids is 1. The van der Waals surface area contributed by atoms with E-state index in [2.05, 4.69) is 17.0 Å². The van der Waals surface area contributed by atoms with Crippen LogP contribution in [-0.4, -0.2) is 59.3 Å². The predicted octanol–water partition coefficient (Wildman–Crippen LogP) is 3.50. The van der Waals surface area contributed by atoms with E-state index in [1.165, 1.54) is 5.56 Å². The van der Waals surface area contributed by atoms with Crippen LogP contribution in [0.15, 0.2) is 60.8 Å². The maximum absolute atomic E-state index is 12.9. The van der Waals surface area contributed by atoms with Gasteiger partial charge in [0.1, 0.15) is 5.75 Å². The monoisotopic (exact) mass is 416 g/mol. The number of ether oxygens (including phenoxy) is 1. The first-order valence-corrected chi connectivity index (χ1v) is 10.8. The van der Waals surface area contributed by atoms with Crippen molar-refractivity contribution in [1.29, 1.82) is 0 Å². The fourth-order valence-electron chi connectivity index (χ4n) is 4.96. The minimum Gasteiger partial charge on any atom is -0.497 e. The summed E-state index contributed by atoms with van der Waals surface area (Å²) in [6, 6.07) is 18.3. The standard InChI is InChI=1S/C25H28N4O2/c1-27-18-25(12-14-28(15-13-25)16-19-8-10-21(31-2)11-9-19)23-22(24(27)30)17-29(26-23)20-6-4-3-5-7-20/h3-11,17H,12-16,18H2,1-2H3. The van der Waals surface area contributed by atoms with Crippen molar-refractivity contribution < 1.29 is 9.53 Å². The van der Waals surface area contributed by atoms with Gasteiger partial charge >= 0.3 is 0 Å². The number of hydrogen-bond donors (Lipinski definition) is 0. The summed E-state index contributed by atoms with van der Waals surface area (Å²) in [4.78, 5) is 17.3. The minimum atomic E-state index is -0.0750. The Hall–Kier alpha value is -3.12. The van der Waals surface area contributed by atoms with Crippen molar-refractivity contribution >= 4 is 5.91 Å². The average molecular weight is 417 g/mol. The van der Waals surface area contributed by atoms with Crippen molar-refractivity contribution in [3.63, 3.8) is 0 Å². The Bertz CT molecular complexity index is 1070. The second kappa shape index (κ2) is 7.85. The van der Waals surface area contributed by atoms with Crippen molar-refractivity contribution in [1.82, 2.24) is 19.6 Å². The van der Waals surface area contributed by atoms with E-state index in [4.69, 9.17) is 9.84 Å². The summed E-state index contributed by atoms with van der Waals surface area (Å²) in [7, 11) is 3.61. The molecule has 2 aliphatic rings. The van der Waals surface area contributed by atoms with E-state index >= 15 is 0 Å². The summed E-state index contributed by atoms with van der Waals surface area (Å²) in [5.74, 6) is 0.959. The van der Waals surface area contributed by atoms with Gasteiger partial charge in [0.25, 0.3) is 5.91 Å². The van der Waals surface area contributed by atoms with Crippen molar-refractivity contribution in [2.45, 2.75) is 24.8 Å². The molecule has 0 N–H and O–H groups in total. The summed E-state index contributed by atoms with van der Waals surface area (Å²) in [5.41, 5.74) is 3.93. The van der Waals surface area contributed by atoms with Gasteiger partial charge in [-0.25, -0.2) is 4.68 Å². The Morgan fingerprint density at radius 2 is 1.74 bits per heavy atom. The maximum atomic E-state index is 12.9. The molecule has 1 spiro atoms. The number of para-hydroxylation sites is 1. The minimum absolute atomic E-state index is 0.0727. The molecule has 31 heavy (non-hydrogen) atoms. The highest BCUT2D eigenvalue weighted by Gasteiger charge is 2.46. The molecule has 0 bridgehead atoms. The highest BCUT2D eigenvalue weighted by atomic mass is 16.5. The first-order valence-electron chi connectivity index (χ1n) is 10.8. The highest BCUT2D eigenvalue weighted by Crippen LogP contribution is 2.41. The van der Waals surface area contributed by atoms with E-state index in [-0.39, 0.29) is 11.3 Å². The fourth-order valence-corrected chi connectivity index (χ4v) is 4.96. The zero-order valence-corrected chi connectivity index (χ0v) is 18.1. The molecule has 3 heterocycles. The Labute approximate surface area is 183 Å². The first kappa shape index (κ1) is 19.8. The van der Waals surface area contributed by atoms with E-state index in [0.29, 0.717) is 0 Å². The molecule has 0 unspecified atom stereocenters. The quantitative estimate of drug-likeness (QED) is 0.653. The van der Waals surface area contributed by atoms with Crippen LogP contribution in [-0.2, 0) is 12.0 Å². The van der Waals surface area contributed by atoms with Crippen LogP contribution < -0.4 is 4.74 Å². The van der Waals surface area contributed by atoms with E-state index in [9.17, 15) is 4.79 Å². The summed E-state index contributed by atoms with van der Waals surface area (Å²) in [6.07, 6.45) is 3.91. The average Bonchev–Trinajstić information content (AvgIpc) is 3.27. The van der Waals surface area contributed by atoms with Crippen LogP contribution in [0.2, 0.25) is 0 Å². The first-order chi connectivity index (χ1) is 15.1. The third-order valence-corrected chi connectivity index (χ3v) is 6.73. The van der Waals surface area contributed by atoms with E-state index < -0.39 is 0 Å². The van der Waals surface area contributed by atoms with E-state index in [1.807, 2.05) is 65.3 Å². The lowest BCUT2D eigenvalue weighted by molar-refractivity contribution is 0.0628. The molecule has 1 saturated heterocycles. The number of piperidine rings is 1. The molecule has 2 aromatic carbocycles. The maximum Gasteiger partial charge on any atom is 0.257 e. The topological polar surface area (TPSA) is 50.6 Å². The Balaban J connectivity index is 1.37. The normalized spacial score (nSPS) is 18.3. The number of carbonyl (C=O) groups is 1. The second-order valence-corrected chi connectivity index (χ2v) is 8.74. The van der Waals surface area contributed by atoms with Crippen LogP contribution in [0.5, 0.6) is 5.75 Å². The number of benzene rings is 2. The van der Waals surface area contributed by atoms with Gasteiger partial charge in [-0.3, -0.25) is 9.69 Å². The van der Waals surface area contributed by atoms with Gasteiger partial charge in [0.05, 0.1) is 24.1 Å². The third-order valence-electron chi connectivity index (χ3n) is 6.73. The molecule has 0 atom stereocenters. The summed E-state index contributed by atoms with van der Waals surface area (Å²) < 4.78 is 7.13. The lowest BCUT2D eigenvalue weighted by Gasteiger charge is -2.45. The van der Waals surface area contributed by atoms with Crippen molar-refractivity contribution in [2.75, 3.05) is 33.8 Å². The number of likely N-dealkylation sites (N-methyl/N-ethyl adjacent to an activating group) is 1. The summed E-state index contributed by atoms with van der Waals surface area (Å²) >= 11 is 0. The van der Waals surface area contributed by atoms with Gasteiger partial charge in [-0.1, -0.05) is 30.3 Å². The third kappa shape index (κ3) is 3.61. The van der Waals surface area contributed by atoms with Crippen LogP contribution in [0, 0.1) is 0 Å². The number of nitrogens with zero attached hydrogens (tertiary/aromatic N) is 4. The lowest BCUT2D eigenvalue weighted by atomic mass is 9.72. The lowest BCUT2D eigenvalue weighted by Crippen LogP contribution is -2.53. The SMILES string of the molecule is COc1ccc(CN2CCC3(CC2)CN(C)C(=O)c2cn(-c4ccccc4)nc23)cc1. The van der Waals surface area contributed by atoms with Gasteiger partial charge in [-0.05, 0) is 55.8 Å².